The SMILES string of the molecule is Cc1ccccc1OC[C@H](O)Cn1c(C(F)(F)F)nc2ccccc21. The average molecular weight is 350 g/mol. The molecule has 2 aromatic carbocycles. The van der Waals surface area contributed by atoms with Crippen LogP contribution >= 0.6 is 0 Å². The highest BCUT2D eigenvalue weighted by Crippen LogP contribution is 2.31. The van der Waals surface area contributed by atoms with Crippen molar-refractivity contribution in [3.05, 3.63) is 59.9 Å². The Kier molecular flexibility index (Phi) is 4.67. The first kappa shape index (κ1) is 17.3. The van der Waals surface area contributed by atoms with Crippen LogP contribution in [0, 0.1) is 6.92 Å². The molecule has 0 aliphatic heterocycles. The summed E-state index contributed by atoms with van der Waals surface area (Å²) in [5.74, 6) is -0.434. The number of fused-ring (bicyclic) bond motifs is 1. The van der Waals surface area contributed by atoms with Gasteiger partial charge in [-0.1, -0.05) is 30.3 Å². The number of hydrogen-bond donors (Lipinski definition) is 1. The van der Waals surface area contributed by atoms with Gasteiger partial charge >= 0.3 is 6.18 Å². The Bertz CT molecular complexity index is 874. The van der Waals surface area contributed by atoms with Crippen LogP contribution in [0.25, 0.3) is 11.0 Å². The van der Waals surface area contributed by atoms with Crippen molar-refractivity contribution in [2.45, 2.75) is 25.7 Å². The third-order valence-corrected chi connectivity index (χ3v) is 3.83. The minimum atomic E-state index is -4.60. The van der Waals surface area contributed by atoms with Crippen LogP contribution in [0.5, 0.6) is 5.75 Å². The van der Waals surface area contributed by atoms with Crippen molar-refractivity contribution in [2.75, 3.05) is 6.61 Å². The smallest absolute Gasteiger partial charge is 0.449 e. The third-order valence-electron chi connectivity index (χ3n) is 3.83. The van der Waals surface area contributed by atoms with E-state index in [0.717, 1.165) is 10.1 Å². The fourth-order valence-electron chi connectivity index (χ4n) is 2.64. The van der Waals surface area contributed by atoms with E-state index in [-0.39, 0.29) is 18.7 Å². The maximum Gasteiger partial charge on any atom is 0.449 e. The molecule has 1 aromatic heterocycles. The van der Waals surface area contributed by atoms with Crippen molar-refractivity contribution >= 4 is 11.0 Å². The molecule has 0 fully saturated rings. The molecule has 1 N–H and O–H groups in total. The van der Waals surface area contributed by atoms with Gasteiger partial charge in [-0.05, 0) is 30.7 Å². The second-order valence-corrected chi connectivity index (χ2v) is 5.76. The topological polar surface area (TPSA) is 47.3 Å². The van der Waals surface area contributed by atoms with Crippen LogP contribution in [-0.2, 0) is 12.7 Å². The summed E-state index contributed by atoms with van der Waals surface area (Å²) in [6.07, 6.45) is -5.71. The highest BCUT2D eigenvalue weighted by Gasteiger charge is 2.37. The summed E-state index contributed by atoms with van der Waals surface area (Å²) in [4.78, 5) is 3.66. The number of para-hydroxylation sites is 3. The number of hydrogen-bond acceptors (Lipinski definition) is 3. The van der Waals surface area contributed by atoms with E-state index in [0.29, 0.717) is 11.3 Å². The molecule has 0 spiro atoms. The Hall–Kier alpha value is -2.54. The molecule has 25 heavy (non-hydrogen) atoms. The predicted octanol–water partition coefficient (Wildman–Crippen LogP) is 3.80. The van der Waals surface area contributed by atoms with Crippen LogP contribution in [-0.4, -0.2) is 27.4 Å². The molecule has 1 atom stereocenters. The summed E-state index contributed by atoms with van der Waals surface area (Å²) in [7, 11) is 0. The van der Waals surface area contributed by atoms with E-state index in [4.69, 9.17) is 4.74 Å². The first-order valence-electron chi connectivity index (χ1n) is 7.75. The summed E-state index contributed by atoms with van der Waals surface area (Å²) in [6.45, 7) is 1.47. The normalized spacial score (nSPS) is 13.2. The van der Waals surface area contributed by atoms with Crippen LogP contribution in [0.2, 0.25) is 0 Å². The minimum Gasteiger partial charge on any atom is -0.491 e. The van der Waals surface area contributed by atoms with E-state index < -0.39 is 18.1 Å². The van der Waals surface area contributed by atoms with E-state index in [1.807, 2.05) is 19.1 Å². The number of aliphatic hydroxyl groups excluding tert-OH is 1. The molecular weight excluding hydrogens is 333 g/mol. The van der Waals surface area contributed by atoms with Gasteiger partial charge in [-0.3, -0.25) is 0 Å². The molecule has 0 saturated heterocycles. The Balaban J connectivity index is 1.81. The van der Waals surface area contributed by atoms with Crippen LogP contribution < -0.4 is 4.74 Å². The molecule has 132 valence electrons. The Labute approximate surface area is 142 Å². The largest absolute Gasteiger partial charge is 0.491 e. The first-order chi connectivity index (χ1) is 11.9. The molecule has 0 unspecified atom stereocenters. The van der Waals surface area contributed by atoms with Gasteiger partial charge in [0.05, 0.1) is 17.6 Å². The Morgan fingerprint density at radius 3 is 2.52 bits per heavy atom. The van der Waals surface area contributed by atoms with Gasteiger partial charge < -0.3 is 14.4 Å². The quantitative estimate of drug-likeness (QED) is 0.761. The van der Waals surface area contributed by atoms with Crippen molar-refractivity contribution in [2.24, 2.45) is 0 Å². The van der Waals surface area contributed by atoms with Crippen molar-refractivity contribution in [1.29, 1.82) is 0 Å². The fourth-order valence-corrected chi connectivity index (χ4v) is 2.64. The zero-order chi connectivity index (χ0) is 18.0. The van der Waals surface area contributed by atoms with Gasteiger partial charge in [-0.2, -0.15) is 13.2 Å². The number of nitrogens with zero attached hydrogens (tertiary/aromatic N) is 2. The van der Waals surface area contributed by atoms with Crippen LogP contribution in [0.3, 0.4) is 0 Å². The molecule has 0 saturated carbocycles. The van der Waals surface area contributed by atoms with Gasteiger partial charge in [0.25, 0.3) is 0 Å². The lowest BCUT2D eigenvalue weighted by molar-refractivity contribution is -0.147. The number of aliphatic hydroxyl groups is 1. The van der Waals surface area contributed by atoms with Crippen molar-refractivity contribution < 1.29 is 23.0 Å². The van der Waals surface area contributed by atoms with Gasteiger partial charge in [-0.25, -0.2) is 4.98 Å². The molecular formula is C18H17F3N2O2. The molecule has 0 aliphatic rings. The highest BCUT2D eigenvalue weighted by molar-refractivity contribution is 5.76. The summed E-state index contributed by atoms with van der Waals surface area (Å²) in [6, 6.07) is 13.6. The van der Waals surface area contributed by atoms with Gasteiger partial charge in [0.2, 0.25) is 5.82 Å². The zero-order valence-electron chi connectivity index (χ0n) is 13.5. The molecule has 0 radical (unpaired) electrons. The number of rotatable bonds is 5. The van der Waals surface area contributed by atoms with E-state index in [9.17, 15) is 18.3 Å². The van der Waals surface area contributed by atoms with Gasteiger partial charge in [-0.15, -0.1) is 0 Å². The number of imidazole rings is 1. The van der Waals surface area contributed by atoms with Crippen molar-refractivity contribution in [1.82, 2.24) is 9.55 Å². The minimum absolute atomic E-state index is 0.116. The summed E-state index contributed by atoms with van der Waals surface area (Å²) in [5, 5.41) is 10.2. The van der Waals surface area contributed by atoms with Gasteiger partial charge in [0, 0.05) is 0 Å². The maximum atomic E-state index is 13.2. The number of aromatic nitrogens is 2. The molecule has 7 heteroatoms. The molecule has 3 aromatic rings. The van der Waals surface area contributed by atoms with Crippen molar-refractivity contribution in [3.8, 4) is 5.75 Å². The molecule has 4 nitrogen and oxygen atoms in total. The number of aryl methyl sites for hydroxylation is 1. The highest BCUT2D eigenvalue weighted by atomic mass is 19.4. The third kappa shape index (κ3) is 3.76. The van der Waals surface area contributed by atoms with E-state index >= 15 is 0 Å². The van der Waals surface area contributed by atoms with Crippen LogP contribution in [0.4, 0.5) is 13.2 Å². The van der Waals surface area contributed by atoms with Gasteiger partial charge in [0.15, 0.2) is 0 Å². The second-order valence-electron chi connectivity index (χ2n) is 5.76. The predicted molar refractivity (Wildman–Crippen MR) is 87.4 cm³/mol. The van der Waals surface area contributed by atoms with Crippen molar-refractivity contribution in [3.63, 3.8) is 0 Å². The maximum absolute atomic E-state index is 13.2. The first-order valence-corrected chi connectivity index (χ1v) is 7.75. The zero-order valence-corrected chi connectivity index (χ0v) is 13.5. The second kappa shape index (κ2) is 6.76. The standard InChI is InChI=1S/C18H17F3N2O2/c1-12-6-2-5-9-16(12)25-11-13(24)10-23-15-8-4-3-7-14(15)22-17(23)18(19,20)21/h2-9,13,24H,10-11H2,1H3/t13-/m1/s1. The molecule has 3 rings (SSSR count). The summed E-state index contributed by atoms with van der Waals surface area (Å²) < 4.78 is 46.2. The lowest BCUT2D eigenvalue weighted by atomic mass is 10.2. The average Bonchev–Trinajstić information content (AvgIpc) is 2.93. The summed E-state index contributed by atoms with van der Waals surface area (Å²) >= 11 is 0. The monoisotopic (exact) mass is 350 g/mol. The molecule has 0 amide bonds. The molecule has 0 bridgehead atoms. The van der Waals surface area contributed by atoms with Crippen LogP contribution in [0.15, 0.2) is 48.5 Å². The fraction of sp³-hybridized carbons (Fsp3) is 0.278. The lowest BCUT2D eigenvalue weighted by Gasteiger charge is -2.17. The Morgan fingerprint density at radius 1 is 1.12 bits per heavy atom. The van der Waals surface area contributed by atoms with E-state index in [2.05, 4.69) is 4.98 Å². The number of halogens is 3. The van der Waals surface area contributed by atoms with Gasteiger partial charge in [0.1, 0.15) is 18.5 Å². The summed E-state index contributed by atoms with van der Waals surface area (Å²) in [5.41, 5.74) is 1.45. The van der Waals surface area contributed by atoms with Crippen LogP contribution in [0.1, 0.15) is 11.4 Å². The number of alkyl halides is 3. The Morgan fingerprint density at radius 2 is 1.80 bits per heavy atom. The molecule has 0 aliphatic carbocycles. The van der Waals surface area contributed by atoms with E-state index in [1.54, 1.807) is 30.3 Å². The van der Waals surface area contributed by atoms with E-state index in [1.165, 1.54) is 6.07 Å². The number of ether oxygens (including phenoxy) is 1. The number of benzene rings is 2. The lowest BCUT2D eigenvalue weighted by Crippen LogP contribution is -2.26. The molecule has 1 heterocycles.